The lowest BCUT2D eigenvalue weighted by Crippen LogP contribution is -2.42. The van der Waals surface area contributed by atoms with Gasteiger partial charge in [0.1, 0.15) is 0 Å². The summed E-state index contributed by atoms with van der Waals surface area (Å²) in [6.07, 6.45) is 2.30. The molecular formula is C15H22N2O2. The minimum absolute atomic E-state index is 0.0120. The minimum Gasteiger partial charge on any atom is -0.391 e. The monoisotopic (exact) mass is 262 g/mol. The molecule has 0 spiro atoms. The number of aliphatic hydroxyl groups is 1. The fourth-order valence-electron chi connectivity index (χ4n) is 2.39. The van der Waals surface area contributed by atoms with E-state index in [2.05, 4.69) is 12.2 Å². The molecule has 19 heavy (non-hydrogen) atoms. The Kier molecular flexibility index (Phi) is 4.80. The molecule has 104 valence electrons. The van der Waals surface area contributed by atoms with Crippen LogP contribution in [0, 0.1) is 0 Å². The first-order valence-corrected chi connectivity index (χ1v) is 7.02. The first-order valence-electron chi connectivity index (χ1n) is 7.02. The molecule has 1 aliphatic heterocycles. The van der Waals surface area contributed by atoms with E-state index in [-0.39, 0.29) is 12.0 Å². The predicted octanol–water partition coefficient (Wildman–Crippen LogP) is 2.11. The van der Waals surface area contributed by atoms with Gasteiger partial charge in [0.15, 0.2) is 0 Å². The third-order valence-electron chi connectivity index (χ3n) is 3.41. The molecule has 0 aromatic heterocycles. The number of aliphatic hydroxyl groups excluding tert-OH is 1. The van der Waals surface area contributed by atoms with Crippen molar-refractivity contribution in [3.05, 3.63) is 29.8 Å². The van der Waals surface area contributed by atoms with Gasteiger partial charge in [-0.15, -0.1) is 0 Å². The van der Waals surface area contributed by atoms with Gasteiger partial charge in [0.05, 0.1) is 11.7 Å². The maximum absolute atomic E-state index is 12.5. The normalized spacial score (nSPS) is 19.3. The molecule has 1 heterocycles. The number of likely N-dealkylation sites (tertiary alicyclic amines) is 1. The highest BCUT2D eigenvalue weighted by atomic mass is 16.3. The number of piperidine rings is 1. The first kappa shape index (κ1) is 13.9. The van der Waals surface area contributed by atoms with E-state index in [9.17, 15) is 9.90 Å². The Balaban J connectivity index is 2.13. The number of carbonyl (C=O) groups excluding carboxylic acids is 1. The number of anilines is 1. The van der Waals surface area contributed by atoms with Gasteiger partial charge in [-0.25, -0.2) is 0 Å². The summed E-state index contributed by atoms with van der Waals surface area (Å²) >= 11 is 0. The van der Waals surface area contributed by atoms with Crippen LogP contribution in [0.4, 0.5) is 5.69 Å². The van der Waals surface area contributed by atoms with Crippen LogP contribution in [0.25, 0.3) is 0 Å². The van der Waals surface area contributed by atoms with E-state index in [0.717, 1.165) is 38.0 Å². The molecule has 4 heteroatoms. The van der Waals surface area contributed by atoms with Crippen LogP contribution in [0.2, 0.25) is 0 Å². The van der Waals surface area contributed by atoms with Crippen LogP contribution in [0.5, 0.6) is 0 Å². The van der Waals surface area contributed by atoms with E-state index in [1.807, 2.05) is 24.3 Å². The third-order valence-corrected chi connectivity index (χ3v) is 3.41. The number of β-amino-alcohol motifs (C(OH)–C–C–N with tert-alkyl or cyclic N) is 1. The van der Waals surface area contributed by atoms with E-state index in [1.165, 1.54) is 0 Å². The lowest BCUT2D eigenvalue weighted by Gasteiger charge is -2.30. The lowest BCUT2D eigenvalue weighted by molar-refractivity contribution is 0.0474. The molecule has 1 atom stereocenters. The maximum atomic E-state index is 12.5. The van der Waals surface area contributed by atoms with Crippen LogP contribution in [0.1, 0.15) is 36.5 Å². The molecule has 1 fully saturated rings. The molecule has 0 radical (unpaired) electrons. The van der Waals surface area contributed by atoms with E-state index in [4.69, 9.17) is 0 Å². The second-order valence-electron chi connectivity index (χ2n) is 5.02. The average molecular weight is 262 g/mol. The summed E-state index contributed by atoms with van der Waals surface area (Å²) in [5, 5.41) is 13.0. The number of hydrogen-bond donors (Lipinski definition) is 2. The van der Waals surface area contributed by atoms with Crippen molar-refractivity contribution in [2.75, 3.05) is 25.0 Å². The zero-order valence-corrected chi connectivity index (χ0v) is 11.4. The summed E-state index contributed by atoms with van der Waals surface area (Å²) in [5.74, 6) is 0.0120. The number of rotatable bonds is 4. The van der Waals surface area contributed by atoms with E-state index in [0.29, 0.717) is 12.1 Å². The lowest BCUT2D eigenvalue weighted by atomic mass is 10.1. The summed E-state index contributed by atoms with van der Waals surface area (Å²) in [6.45, 7) is 4.13. The quantitative estimate of drug-likeness (QED) is 0.873. The molecule has 4 nitrogen and oxygen atoms in total. The van der Waals surface area contributed by atoms with Crippen LogP contribution in [0.15, 0.2) is 24.3 Å². The van der Waals surface area contributed by atoms with Gasteiger partial charge in [-0.3, -0.25) is 4.79 Å². The molecule has 2 rings (SSSR count). The van der Waals surface area contributed by atoms with Gasteiger partial charge in [0.2, 0.25) is 0 Å². The van der Waals surface area contributed by atoms with Crippen LogP contribution in [0.3, 0.4) is 0 Å². The zero-order valence-electron chi connectivity index (χ0n) is 11.4. The summed E-state index contributed by atoms with van der Waals surface area (Å²) in [4.78, 5) is 14.3. The molecule has 1 amide bonds. The molecule has 0 bridgehead atoms. The Morgan fingerprint density at radius 3 is 3.00 bits per heavy atom. The number of amides is 1. The highest BCUT2D eigenvalue weighted by Crippen LogP contribution is 2.20. The van der Waals surface area contributed by atoms with Gasteiger partial charge in [-0.05, 0) is 31.4 Å². The second-order valence-corrected chi connectivity index (χ2v) is 5.02. The largest absolute Gasteiger partial charge is 0.391 e. The van der Waals surface area contributed by atoms with Gasteiger partial charge in [-0.1, -0.05) is 19.1 Å². The van der Waals surface area contributed by atoms with Crippen LogP contribution >= 0.6 is 0 Å². The molecule has 1 aromatic rings. The Hall–Kier alpha value is -1.55. The standard InChI is InChI=1S/C15H22N2O2/c1-2-9-16-14-8-4-3-7-13(14)15(19)17-10-5-6-12(18)11-17/h3-4,7-8,12,16,18H,2,5-6,9-11H2,1H3. The number of nitrogens with one attached hydrogen (secondary N) is 1. The minimum atomic E-state index is -0.381. The van der Waals surface area contributed by atoms with Crippen LogP contribution in [-0.4, -0.2) is 41.7 Å². The highest BCUT2D eigenvalue weighted by Gasteiger charge is 2.24. The molecular weight excluding hydrogens is 240 g/mol. The number of hydrogen-bond acceptors (Lipinski definition) is 3. The SMILES string of the molecule is CCCNc1ccccc1C(=O)N1CCCC(O)C1. The zero-order chi connectivity index (χ0) is 13.7. The fourth-order valence-corrected chi connectivity index (χ4v) is 2.39. The molecule has 0 aliphatic carbocycles. The smallest absolute Gasteiger partial charge is 0.256 e. The summed E-state index contributed by atoms with van der Waals surface area (Å²) in [5.41, 5.74) is 1.58. The van der Waals surface area contributed by atoms with Crippen molar-refractivity contribution in [3.63, 3.8) is 0 Å². The summed E-state index contributed by atoms with van der Waals surface area (Å²) < 4.78 is 0. The summed E-state index contributed by atoms with van der Waals surface area (Å²) in [7, 11) is 0. The van der Waals surface area contributed by atoms with Crippen molar-refractivity contribution in [2.24, 2.45) is 0 Å². The van der Waals surface area contributed by atoms with E-state index >= 15 is 0 Å². The van der Waals surface area contributed by atoms with E-state index in [1.54, 1.807) is 4.90 Å². The topological polar surface area (TPSA) is 52.6 Å². The predicted molar refractivity (Wildman–Crippen MR) is 76.4 cm³/mol. The number of carbonyl (C=O) groups is 1. The van der Waals surface area contributed by atoms with Gasteiger partial charge in [0.25, 0.3) is 5.91 Å². The van der Waals surface area contributed by atoms with Crippen molar-refractivity contribution in [3.8, 4) is 0 Å². The number of nitrogens with zero attached hydrogens (tertiary/aromatic N) is 1. The molecule has 1 unspecified atom stereocenters. The van der Waals surface area contributed by atoms with Gasteiger partial charge in [-0.2, -0.15) is 0 Å². The number of para-hydroxylation sites is 1. The highest BCUT2D eigenvalue weighted by molar-refractivity contribution is 5.99. The van der Waals surface area contributed by atoms with Gasteiger partial charge in [0, 0.05) is 25.3 Å². The Morgan fingerprint density at radius 2 is 2.26 bits per heavy atom. The van der Waals surface area contributed by atoms with Gasteiger partial charge < -0.3 is 15.3 Å². The maximum Gasteiger partial charge on any atom is 0.256 e. The van der Waals surface area contributed by atoms with Crippen LogP contribution < -0.4 is 5.32 Å². The summed E-state index contributed by atoms with van der Waals surface area (Å²) in [6, 6.07) is 7.59. The molecule has 0 saturated carbocycles. The fraction of sp³-hybridized carbons (Fsp3) is 0.533. The van der Waals surface area contributed by atoms with Gasteiger partial charge >= 0.3 is 0 Å². The molecule has 2 N–H and O–H groups in total. The van der Waals surface area contributed by atoms with Crippen molar-refractivity contribution in [1.29, 1.82) is 0 Å². The Morgan fingerprint density at radius 1 is 1.47 bits per heavy atom. The first-order chi connectivity index (χ1) is 9.22. The van der Waals surface area contributed by atoms with E-state index < -0.39 is 0 Å². The molecule has 1 saturated heterocycles. The van der Waals surface area contributed by atoms with Crippen LogP contribution in [-0.2, 0) is 0 Å². The second kappa shape index (κ2) is 6.57. The van der Waals surface area contributed by atoms with Crippen molar-refractivity contribution in [1.82, 2.24) is 4.90 Å². The third kappa shape index (κ3) is 3.47. The Labute approximate surface area is 114 Å². The number of benzene rings is 1. The van der Waals surface area contributed by atoms with Crippen molar-refractivity contribution >= 4 is 11.6 Å². The molecule has 1 aromatic carbocycles. The van der Waals surface area contributed by atoms with Crippen molar-refractivity contribution < 1.29 is 9.90 Å². The van der Waals surface area contributed by atoms with Crippen molar-refractivity contribution in [2.45, 2.75) is 32.3 Å². The molecule has 1 aliphatic rings. The average Bonchev–Trinajstić information content (AvgIpc) is 2.44. The Bertz CT molecular complexity index is 434.